The second-order valence-electron chi connectivity index (χ2n) is 4.49. The molecular formula is C11H11N3O4S. The second kappa shape index (κ2) is 4.23. The molecule has 19 heavy (non-hydrogen) atoms. The predicted molar refractivity (Wildman–Crippen MR) is 67.5 cm³/mol. The maximum atomic E-state index is 10.9. The summed E-state index contributed by atoms with van der Waals surface area (Å²) in [6.07, 6.45) is 1.84. The van der Waals surface area contributed by atoms with Crippen LogP contribution in [0.5, 0.6) is 0 Å². The lowest BCUT2D eigenvalue weighted by atomic mass is 10.1. The number of carboxylic acids is 2. The number of carboxylic acid groups (broad SMARTS) is 2. The number of hydrogen-bond acceptors (Lipinski definition) is 6. The van der Waals surface area contributed by atoms with Gasteiger partial charge in [-0.05, 0) is 5.57 Å². The van der Waals surface area contributed by atoms with E-state index in [0.717, 1.165) is 22.6 Å². The molecule has 1 unspecified atom stereocenters. The van der Waals surface area contributed by atoms with Crippen LogP contribution in [0.1, 0.15) is 16.1 Å². The highest BCUT2D eigenvalue weighted by Crippen LogP contribution is 2.32. The standard InChI is InChI=1S/C11H11N3O4S/c15-9(16)6-1-5-3-14(4-7(5)13-6)11-12-2-8(19-11)10(17)18/h2,6,13H,1,3-4H2,(H,15,16)(H,17,18). The molecule has 1 atom stereocenters. The zero-order chi connectivity index (χ0) is 13.6. The van der Waals surface area contributed by atoms with Crippen LogP contribution in [0.15, 0.2) is 17.5 Å². The lowest BCUT2D eigenvalue weighted by Gasteiger charge is -2.18. The van der Waals surface area contributed by atoms with Gasteiger partial charge < -0.3 is 20.4 Å². The summed E-state index contributed by atoms with van der Waals surface area (Å²) in [5, 5.41) is 21.4. The monoisotopic (exact) mass is 281 g/mol. The molecule has 0 aromatic carbocycles. The molecule has 3 rings (SSSR count). The lowest BCUT2D eigenvalue weighted by Crippen LogP contribution is -2.35. The van der Waals surface area contributed by atoms with Crippen molar-refractivity contribution in [1.82, 2.24) is 10.3 Å². The smallest absolute Gasteiger partial charge is 0.347 e. The molecule has 0 amide bonds. The Balaban J connectivity index is 1.69. The topological polar surface area (TPSA) is 103 Å². The fourth-order valence-electron chi connectivity index (χ4n) is 2.32. The molecular weight excluding hydrogens is 270 g/mol. The highest BCUT2D eigenvalue weighted by molar-refractivity contribution is 7.17. The molecule has 2 aliphatic heterocycles. The molecule has 3 heterocycles. The summed E-state index contributed by atoms with van der Waals surface area (Å²) in [5.41, 5.74) is 2.00. The van der Waals surface area contributed by atoms with Gasteiger partial charge in [-0.1, -0.05) is 11.3 Å². The number of rotatable bonds is 3. The van der Waals surface area contributed by atoms with Crippen LogP contribution < -0.4 is 10.2 Å². The zero-order valence-corrected chi connectivity index (χ0v) is 10.6. The van der Waals surface area contributed by atoms with Crippen molar-refractivity contribution in [2.24, 2.45) is 0 Å². The fraction of sp³-hybridized carbons (Fsp3) is 0.364. The molecule has 7 nitrogen and oxygen atoms in total. The average Bonchev–Trinajstić information content (AvgIpc) is 3.01. The van der Waals surface area contributed by atoms with Gasteiger partial charge in [0.15, 0.2) is 5.13 Å². The van der Waals surface area contributed by atoms with E-state index in [1.807, 2.05) is 4.90 Å². The van der Waals surface area contributed by atoms with Crippen LogP contribution in [0.4, 0.5) is 5.13 Å². The van der Waals surface area contributed by atoms with E-state index in [9.17, 15) is 9.59 Å². The van der Waals surface area contributed by atoms with Crippen LogP contribution in [0, 0.1) is 0 Å². The third-order valence-electron chi connectivity index (χ3n) is 3.23. The number of nitrogens with zero attached hydrogens (tertiary/aromatic N) is 2. The van der Waals surface area contributed by atoms with Crippen molar-refractivity contribution in [3.63, 3.8) is 0 Å². The van der Waals surface area contributed by atoms with Crippen molar-refractivity contribution >= 4 is 28.4 Å². The first kappa shape index (κ1) is 12.0. The predicted octanol–water partition coefficient (Wildman–Crippen LogP) is 0.362. The van der Waals surface area contributed by atoms with Crippen molar-refractivity contribution in [2.45, 2.75) is 12.5 Å². The number of aliphatic carboxylic acids is 1. The van der Waals surface area contributed by atoms with Crippen molar-refractivity contribution in [3.8, 4) is 0 Å². The van der Waals surface area contributed by atoms with Gasteiger partial charge in [0.05, 0.1) is 12.7 Å². The minimum absolute atomic E-state index is 0.207. The fourth-order valence-corrected chi connectivity index (χ4v) is 3.07. The Morgan fingerprint density at radius 2 is 2.21 bits per heavy atom. The van der Waals surface area contributed by atoms with Gasteiger partial charge in [-0.25, -0.2) is 14.6 Å². The minimum Gasteiger partial charge on any atom is -0.480 e. The van der Waals surface area contributed by atoms with Gasteiger partial charge in [0.25, 0.3) is 0 Å². The van der Waals surface area contributed by atoms with E-state index in [1.54, 1.807) is 0 Å². The summed E-state index contributed by atoms with van der Waals surface area (Å²) in [5.74, 6) is -1.82. The highest BCUT2D eigenvalue weighted by atomic mass is 32.1. The van der Waals surface area contributed by atoms with Crippen LogP contribution in [0.3, 0.4) is 0 Å². The van der Waals surface area contributed by atoms with Gasteiger partial charge in [0.1, 0.15) is 10.9 Å². The number of carbonyl (C=O) groups is 2. The van der Waals surface area contributed by atoms with Gasteiger partial charge in [-0.2, -0.15) is 0 Å². The summed E-state index contributed by atoms with van der Waals surface area (Å²) in [4.78, 5) is 27.9. The van der Waals surface area contributed by atoms with Gasteiger partial charge in [0, 0.05) is 18.7 Å². The Morgan fingerprint density at radius 3 is 2.79 bits per heavy atom. The van der Waals surface area contributed by atoms with Crippen LogP contribution >= 0.6 is 11.3 Å². The first-order valence-electron chi connectivity index (χ1n) is 5.69. The van der Waals surface area contributed by atoms with Crippen LogP contribution in [-0.2, 0) is 4.79 Å². The average molecular weight is 281 g/mol. The number of nitrogens with one attached hydrogen (secondary N) is 1. The summed E-state index contributed by atoms with van der Waals surface area (Å²) < 4.78 is 0. The molecule has 0 radical (unpaired) electrons. The summed E-state index contributed by atoms with van der Waals surface area (Å²) >= 11 is 1.13. The highest BCUT2D eigenvalue weighted by Gasteiger charge is 2.35. The summed E-state index contributed by atoms with van der Waals surface area (Å²) in [6, 6.07) is -0.530. The van der Waals surface area contributed by atoms with E-state index in [4.69, 9.17) is 10.2 Å². The molecule has 0 bridgehead atoms. The van der Waals surface area contributed by atoms with Crippen LogP contribution in [0.2, 0.25) is 0 Å². The van der Waals surface area contributed by atoms with E-state index in [1.165, 1.54) is 6.20 Å². The first-order chi connectivity index (χ1) is 9.04. The van der Waals surface area contributed by atoms with Crippen LogP contribution in [0.25, 0.3) is 0 Å². The molecule has 1 aromatic heterocycles. The molecule has 0 aliphatic carbocycles. The Bertz CT molecular complexity index is 577. The molecule has 0 spiro atoms. The Morgan fingerprint density at radius 1 is 1.42 bits per heavy atom. The van der Waals surface area contributed by atoms with Crippen molar-refractivity contribution in [3.05, 3.63) is 22.3 Å². The van der Waals surface area contributed by atoms with E-state index < -0.39 is 18.0 Å². The maximum Gasteiger partial charge on any atom is 0.347 e. The van der Waals surface area contributed by atoms with E-state index in [0.29, 0.717) is 24.6 Å². The third kappa shape index (κ3) is 2.03. The van der Waals surface area contributed by atoms with Crippen molar-refractivity contribution in [2.75, 3.05) is 18.0 Å². The minimum atomic E-state index is -0.979. The number of thiazole rings is 1. The van der Waals surface area contributed by atoms with Crippen molar-refractivity contribution in [1.29, 1.82) is 0 Å². The molecule has 1 aromatic rings. The molecule has 2 aliphatic rings. The van der Waals surface area contributed by atoms with Crippen molar-refractivity contribution < 1.29 is 19.8 Å². The largest absolute Gasteiger partial charge is 0.480 e. The Hall–Kier alpha value is -2.09. The van der Waals surface area contributed by atoms with E-state index in [-0.39, 0.29) is 4.88 Å². The van der Waals surface area contributed by atoms with E-state index >= 15 is 0 Å². The number of aromatic nitrogens is 1. The third-order valence-corrected chi connectivity index (χ3v) is 4.28. The van der Waals surface area contributed by atoms with Gasteiger partial charge in [-0.15, -0.1) is 0 Å². The van der Waals surface area contributed by atoms with Gasteiger partial charge in [-0.3, -0.25) is 0 Å². The number of hydrogen-bond donors (Lipinski definition) is 3. The molecule has 0 saturated carbocycles. The molecule has 100 valence electrons. The quantitative estimate of drug-likeness (QED) is 0.735. The van der Waals surface area contributed by atoms with Crippen LogP contribution in [-0.4, -0.2) is 46.3 Å². The zero-order valence-electron chi connectivity index (χ0n) is 9.79. The molecule has 0 fully saturated rings. The van der Waals surface area contributed by atoms with E-state index in [2.05, 4.69) is 10.3 Å². The first-order valence-corrected chi connectivity index (χ1v) is 6.50. The second-order valence-corrected chi connectivity index (χ2v) is 5.50. The van der Waals surface area contributed by atoms with Gasteiger partial charge in [0.2, 0.25) is 0 Å². The normalized spacial score (nSPS) is 21.5. The summed E-state index contributed by atoms with van der Waals surface area (Å²) in [6.45, 7) is 1.17. The Kier molecular flexibility index (Phi) is 2.67. The number of anilines is 1. The maximum absolute atomic E-state index is 10.9. The van der Waals surface area contributed by atoms with Gasteiger partial charge >= 0.3 is 11.9 Å². The molecule has 0 saturated heterocycles. The molecule has 8 heteroatoms. The lowest BCUT2D eigenvalue weighted by molar-refractivity contribution is -0.139. The summed E-state index contributed by atoms with van der Waals surface area (Å²) in [7, 11) is 0. The SMILES string of the molecule is O=C(O)c1cnc(N2CC3=C(C2)NC(C(=O)O)C3)s1. The number of aromatic carboxylic acids is 1. The Labute approximate surface area is 112 Å². The molecule has 3 N–H and O–H groups in total.